The number of nitrogens with one attached hydrogen (secondary N) is 2. The second-order valence-corrected chi connectivity index (χ2v) is 9.47. The fourth-order valence-electron chi connectivity index (χ4n) is 2.71. The summed E-state index contributed by atoms with van der Waals surface area (Å²) in [4.78, 5) is 24.4. The lowest BCUT2D eigenvalue weighted by molar-refractivity contribution is -0.125. The van der Waals surface area contributed by atoms with Crippen molar-refractivity contribution in [2.24, 2.45) is 0 Å². The summed E-state index contributed by atoms with van der Waals surface area (Å²) >= 11 is 6.77. The summed E-state index contributed by atoms with van der Waals surface area (Å²) in [6, 6.07) is 10.4. The zero-order chi connectivity index (χ0) is 18.7. The Morgan fingerprint density at radius 3 is 2.50 bits per heavy atom. The first kappa shape index (κ1) is 18.8. The van der Waals surface area contributed by atoms with Crippen molar-refractivity contribution in [2.75, 3.05) is 6.54 Å². The van der Waals surface area contributed by atoms with Gasteiger partial charge in [-0.2, -0.15) is 4.31 Å². The Hall–Kier alpha value is -1.94. The van der Waals surface area contributed by atoms with Gasteiger partial charge in [0, 0.05) is 12.1 Å². The molecule has 2 N–H and O–H groups in total. The molecule has 0 aliphatic carbocycles. The van der Waals surface area contributed by atoms with Crippen molar-refractivity contribution < 1.29 is 18.0 Å². The van der Waals surface area contributed by atoms with Crippen LogP contribution < -0.4 is 10.9 Å². The van der Waals surface area contributed by atoms with E-state index in [0.29, 0.717) is 22.7 Å². The highest BCUT2D eigenvalue weighted by Crippen LogP contribution is 2.32. The number of hydrogen-bond acceptors (Lipinski definition) is 5. The summed E-state index contributed by atoms with van der Waals surface area (Å²) in [5, 5.41) is 0. The van der Waals surface area contributed by atoms with Crippen LogP contribution >= 0.6 is 22.9 Å². The third-order valence-electron chi connectivity index (χ3n) is 3.95. The molecule has 3 rings (SSSR count). The number of carbonyl (C=O) groups excluding carboxylic acids is 2. The van der Waals surface area contributed by atoms with Gasteiger partial charge in [-0.3, -0.25) is 20.4 Å². The van der Waals surface area contributed by atoms with Gasteiger partial charge >= 0.3 is 0 Å². The van der Waals surface area contributed by atoms with E-state index < -0.39 is 27.9 Å². The summed E-state index contributed by atoms with van der Waals surface area (Å²) in [5.41, 5.74) is 5.01. The monoisotopic (exact) mass is 413 g/mol. The lowest BCUT2D eigenvalue weighted by atomic mass is 10.2. The molecule has 1 aromatic carbocycles. The van der Waals surface area contributed by atoms with Crippen molar-refractivity contribution in [3.8, 4) is 0 Å². The smallest absolute Gasteiger partial charge is 0.269 e. The van der Waals surface area contributed by atoms with Gasteiger partial charge in [0.2, 0.25) is 0 Å². The topological polar surface area (TPSA) is 95.6 Å². The minimum atomic E-state index is -3.81. The van der Waals surface area contributed by atoms with Crippen molar-refractivity contribution in [1.29, 1.82) is 0 Å². The van der Waals surface area contributed by atoms with Gasteiger partial charge in [-0.25, -0.2) is 8.42 Å². The van der Waals surface area contributed by atoms with Gasteiger partial charge in [-0.15, -0.1) is 11.3 Å². The molecule has 0 unspecified atom stereocenters. The fraction of sp³-hybridized carbons (Fsp3) is 0.250. The van der Waals surface area contributed by atoms with E-state index in [1.54, 1.807) is 30.3 Å². The van der Waals surface area contributed by atoms with Crippen molar-refractivity contribution in [3.63, 3.8) is 0 Å². The number of sulfonamides is 1. The van der Waals surface area contributed by atoms with Crippen LogP contribution in [-0.2, 0) is 14.8 Å². The number of hydrazine groups is 1. The van der Waals surface area contributed by atoms with Crippen molar-refractivity contribution in [1.82, 2.24) is 15.2 Å². The summed E-state index contributed by atoms with van der Waals surface area (Å²) < 4.78 is 27.1. The van der Waals surface area contributed by atoms with Crippen LogP contribution in [0.2, 0.25) is 4.34 Å². The molecule has 7 nitrogen and oxygen atoms in total. The highest BCUT2D eigenvalue weighted by atomic mass is 35.5. The summed E-state index contributed by atoms with van der Waals surface area (Å²) in [6.07, 6.45) is 0.939. The molecule has 1 fully saturated rings. The Kier molecular flexibility index (Phi) is 5.61. The molecule has 1 atom stereocenters. The largest absolute Gasteiger partial charge is 0.271 e. The number of nitrogens with zero attached hydrogens (tertiary/aromatic N) is 1. The molecular formula is C16H16ClN3O4S2. The lowest BCUT2D eigenvalue weighted by Gasteiger charge is -2.22. The van der Waals surface area contributed by atoms with Crippen molar-refractivity contribution in [2.45, 2.75) is 23.1 Å². The molecule has 1 aromatic heterocycles. The van der Waals surface area contributed by atoms with Gasteiger partial charge in [-0.1, -0.05) is 29.8 Å². The molecule has 2 amide bonds. The summed E-state index contributed by atoms with van der Waals surface area (Å²) in [5.74, 6) is -1.05. The number of carbonyl (C=O) groups is 2. The second-order valence-electron chi connectivity index (χ2n) is 5.64. The average Bonchev–Trinajstić information content (AvgIpc) is 3.30. The first-order valence-corrected chi connectivity index (χ1v) is 10.5. The summed E-state index contributed by atoms with van der Waals surface area (Å²) in [7, 11) is -3.81. The number of benzene rings is 1. The van der Waals surface area contributed by atoms with Crippen LogP contribution in [0.15, 0.2) is 46.7 Å². The molecule has 2 heterocycles. The minimum absolute atomic E-state index is 0.0931. The maximum Gasteiger partial charge on any atom is 0.269 e. The first-order chi connectivity index (χ1) is 12.4. The third-order valence-corrected chi connectivity index (χ3v) is 7.56. The number of halogens is 1. The van der Waals surface area contributed by atoms with Gasteiger partial charge < -0.3 is 0 Å². The number of amides is 2. The summed E-state index contributed by atoms with van der Waals surface area (Å²) in [6.45, 7) is 0.239. The third kappa shape index (κ3) is 3.90. The molecule has 0 saturated carbocycles. The van der Waals surface area contributed by atoms with Gasteiger partial charge in [0.1, 0.15) is 10.3 Å². The second kappa shape index (κ2) is 7.75. The maximum atomic E-state index is 12.7. The van der Waals surface area contributed by atoms with E-state index in [-0.39, 0.29) is 10.8 Å². The van der Waals surface area contributed by atoms with Gasteiger partial charge in [0.05, 0.1) is 4.34 Å². The number of rotatable bonds is 4. The van der Waals surface area contributed by atoms with Gasteiger partial charge in [0.15, 0.2) is 0 Å². The van der Waals surface area contributed by atoms with Gasteiger partial charge in [-0.05, 0) is 37.1 Å². The molecule has 1 saturated heterocycles. The Morgan fingerprint density at radius 2 is 1.85 bits per heavy atom. The Labute approximate surface area is 160 Å². The molecule has 26 heavy (non-hydrogen) atoms. The zero-order valence-corrected chi connectivity index (χ0v) is 15.9. The van der Waals surface area contributed by atoms with E-state index in [1.807, 2.05) is 0 Å². The number of hydrogen-bond donors (Lipinski definition) is 2. The van der Waals surface area contributed by atoms with Crippen LogP contribution in [-0.4, -0.2) is 37.1 Å². The molecule has 1 aliphatic rings. The van der Waals surface area contributed by atoms with Crippen molar-refractivity contribution >= 4 is 44.8 Å². The molecule has 2 aromatic rings. The maximum absolute atomic E-state index is 12.7. The minimum Gasteiger partial charge on any atom is -0.271 e. The zero-order valence-electron chi connectivity index (χ0n) is 13.5. The fourth-order valence-corrected chi connectivity index (χ4v) is 5.97. The van der Waals surface area contributed by atoms with Crippen LogP contribution in [0, 0.1) is 0 Å². The predicted molar refractivity (Wildman–Crippen MR) is 98.3 cm³/mol. The highest BCUT2D eigenvalue weighted by molar-refractivity contribution is 7.91. The first-order valence-electron chi connectivity index (χ1n) is 7.82. The van der Waals surface area contributed by atoms with E-state index in [2.05, 4.69) is 10.9 Å². The van der Waals surface area contributed by atoms with E-state index in [1.165, 1.54) is 12.1 Å². The molecule has 0 bridgehead atoms. The van der Waals surface area contributed by atoms with E-state index in [0.717, 1.165) is 15.6 Å². The van der Waals surface area contributed by atoms with Crippen LogP contribution in [0.1, 0.15) is 23.2 Å². The Morgan fingerprint density at radius 1 is 1.12 bits per heavy atom. The lowest BCUT2D eigenvalue weighted by Crippen LogP contribution is -2.51. The molecule has 10 heteroatoms. The molecule has 0 radical (unpaired) electrons. The molecular weight excluding hydrogens is 398 g/mol. The quantitative estimate of drug-likeness (QED) is 0.749. The molecule has 138 valence electrons. The van der Waals surface area contributed by atoms with E-state index in [9.17, 15) is 18.0 Å². The van der Waals surface area contributed by atoms with Crippen LogP contribution in [0.4, 0.5) is 0 Å². The van der Waals surface area contributed by atoms with Crippen molar-refractivity contribution in [3.05, 3.63) is 52.4 Å². The molecule has 0 spiro atoms. The van der Waals surface area contributed by atoms with Crippen LogP contribution in [0.3, 0.4) is 0 Å². The standard InChI is InChI=1S/C16H16ClN3O4S2/c17-13-8-9-14(25-13)26(23,24)20-10-4-7-12(20)16(22)19-18-15(21)11-5-2-1-3-6-11/h1-3,5-6,8-9,12H,4,7,10H2,(H,18,21)(H,19,22)/t12-/m0/s1. The van der Waals surface area contributed by atoms with Crippen LogP contribution in [0.5, 0.6) is 0 Å². The molecule has 1 aliphatic heterocycles. The highest BCUT2D eigenvalue weighted by Gasteiger charge is 2.40. The normalized spacial score (nSPS) is 17.8. The van der Waals surface area contributed by atoms with Gasteiger partial charge in [0.25, 0.3) is 21.8 Å². The Balaban J connectivity index is 1.68. The van der Waals surface area contributed by atoms with E-state index in [4.69, 9.17) is 11.6 Å². The Bertz CT molecular complexity index is 915. The SMILES string of the molecule is O=C(NNC(=O)[C@@H]1CCCN1S(=O)(=O)c1ccc(Cl)s1)c1ccccc1. The predicted octanol–water partition coefficient (Wildman–Crippen LogP) is 2.02. The number of thiophene rings is 1. The van der Waals surface area contributed by atoms with Crippen LogP contribution in [0.25, 0.3) is 0 Å². The van der Waals surface area contributed by atoms with E-state index >= 15 is 0 Å². The average molecular weight is 414 g/mol.